The van der Waals surface area contributed by atoms with Crippen LogP contribution in [0.25, 0.3) is 0 Å². The van der Waals surface area contributed by atoms with Crippen LogP contribution in [0.1, 0.15) is 17.6 Å². The van der Waals surface area contributed by atoms with Crippen molar-refractivity contribution in [1.29, 1.82) is 0 Å². The molecule has 0 saturated heterocycles. The second-order valence-corrected chi connectivity index (χ2v) is 4.94. The summed E-state index contributed by atoms with van der Waals surface area (Å²) >= 11 is 1.65. The molecule has 2 rings (SSSR count). The number of hydrogen-bond donors (Lipinski definition) is 2. The monoisotopic (exact) mass is 261 g/mol. The van der Waals surface area contributed by atoms with Crippen molar-refractivity contribution in [2.45, 2.75) is 20.4 Å². The fraction of sp³-hybridized carbons (Fsp3) is 0.231. The quantitative estimate of drug-likeness (QED) is 0.889. The topological polar surface area (TPSA) is 54.0 Å². The summed E-state index contributed by atoms with van der Waals surface area (Å²) in [6.07, 6.45) is 0. The predicted molar refractivity (Wildman–Crippen MR) is 74.9 cm³/mol. The Hall–Kier alpha value is -1.88. The van der Waals surface area contributed by atoms with Crippen LogP contribution in [0.15, 0.2) is 29.6 Å². The number of rotatable bonds is 4. The molecule has 0 atom stereocenters. The van der Waals surface area contributed by atoms with Gasteiger partial charge in [-0.25, -0.2) is 4.98 Å². The van der Waals surface area contributed by atoms with Crippen molar-refractivity contribution in [1.82, 2.24) is 4.98 Å². The molecule has 1 aromatic carbocycles. The van der Waals surface area contributed by atoms with Gasteiger partial charge in [0, 0.05) is 29.4 Å². The highest BCUT2D eigenvalue weighted by molar-refractivity contribution is 7.09. The van der Waals surface area contributed by atoms with E-state index in [0.29, 0.717) is 0 Å². The Morgan fingerprint density at radius 3 is 2.50 bits per heavy atom. The van der Waals surface area contributed by atoms with Gasteiger partial charge >= 0.3 is 0 Å². The molecule has 5 heteroatoms. The first-order valence-electron chi connectivity index (χ1n) is 5.66. The number of benzene rings is 1. The molecule has 18 heavy (non-hydrogen) atoms. The molecule has 0 unspecified atom stereocenters. The first-order chi connectivity index (χ1) is 8.63. The van der Waals surface area contributed by atoms with Crippen LogP contribution in [0.4, 0.5) is 11.4 Å². The molecule has 2 N–H and O–H groups in total. The molecule has 1 heterocycles. The number of carbonyl (C=O) groups excluding carboxylic acids is 1. The summed E-state index contributed by atoms with van der Waals surface area (Å²) in [7, 11) is 0. The van der Waals surface area contributed by atoms with Gasteiger partial charge in [-0.15, -0.1) is 11.3 Å². The van der Waals surface area contributed by atoms with Gasteiger partial charge in [0.1, 0.15) is 5.01 Å². The van der Waals surface area contributed by atoms with Crippen LogP contribution in [0.3, 0.4) is 0 Å². The van der Waals surface area contributed by atoms with Gasteiger partial charge in [-0.1, -0.05) is 0 Å². The van der Waals surface area contributed by atoms with Crippen LogP contribution >= 0.6 is 11.3 Å². The number of anilines is 2. The van der Waals surface area contributed by atoms with Gasteiger partial charge in [0.15, 0.2) is 0 Å². The lowest BCUT2D eigenvalue weighted by Gasteiger charge is -2.06. The van der Waals surface area contributed by atoms with Crippen molar-refractivity contribution in [3.63, 3.8) is 0 Å². The lowest BCUT2D eigenvalue weighted by molar-refractivity contribution is -0.114. The van der Waals surface area contributed by atoms with Gasteiger partial charge in [0.05, 0.1) is 6.54 Å². The fourth-order valence-corrected chi connectivity index (χ4v) is 2.25. The number of thiazole rings is 1. The zero-order chi connectivity index (χ0) is 13.0. The van der Waals surface area contributed by atoms with Crippen LogP contribution in [0.5, 0.6) is 0 Å². The average molecular weight is 261 g/mol. The van der Waals surface area contributed by atoms with Crippen molar-refractivity contribution in [3.05, 3.63) is 40.3 Å². The Labute approximate surface area is 110 Å². The molecule has 1 amide bonds. The highest BCUT2D eigenvalue weighted by Crippen LogP contribution is 2.15. The SMILES string of the molecule is CC(=O)Nc1ccc(NCc2nc(C)cs2)cc1. The Balaban J connectivity index is 1.92. The van der Waals surface area contributed by atoms with E-state index in [2.05, 4.69) is 15.6 Å². The molecule has 0 aliphatic rings. The standard InChI is InChI=1S/C13H15N3OS/c1-9-8-18-13(15-9)7-14-11-3-5-12(6-4-11)16-10(2)17/h3-6,8,14H,7H2,1-2H3,(H,16,17). The van der Waals surface area contributed by atoms with Crippen molar-refractivity contribution in [2.75, 3.05) is 10.6 Å². The molecule has 0 aliphatic heterocycles. The molecule has 0 spiro atoms. The summed E-state index contributed by atoms with van der Waals surface area (Å²) in [4.78, 5) is 15.3. The number of carbonyl (C=O) groups is 1. The highest BCUT2D eigenvalue weighted by Gasteiger charge is 1.99. The third-order valence-electron chi connectivity index (χ3n) is 2.32. The van der Waals surface area contributed by atoms with Crippen LogP contribution < -0.4 is 10.6 Å². The summed E-state index contributed by atoms with van der Waals surface area (Å²) in [5, 5.41) is 9.13. The molecular formula is C13H15N3OS. The molecule has 2 aromatic rings. The number of hydrogen-bond acceptors (Lipinski definition) is 4. The Morgan fingerprint density at radius 1 is 1.28 bits per heavy atom. The lowest BCUT2D eigenvalue weighted by Crippen LogP contribution is -2.05. The number of nitrogens with zero attached hydrogens (tertiary/aromatic N) is 1. The molecule has 4 nitrogen and oxygen atoms in total. The summed E-state index contributed by atoms with van der Waals surface area (Å²) < 4.78 is 0. The second kappa shape index (κ2) is 5.64. The van der Waals surface area contributed by atoms with Crippen molar-refractivity contribution < 1.29 is 4.79 Å². The maximum atomic E-state index is 10.9. The zero-order valence-corrected chi connectivity index (χ0v) is 11.2. The van der Waals surface area contributed by atoms with Crippen molar-refractivity contribution in [3.8, 4) is 0 Å². The second-order valence-electron chi connectivity index (χ2n) is 3.99. The lowest BCUT2D eigenvalue weighted by atomic mass is 10.3. The minimum Gasteiger partial charge on any atom is -0.379 e. The van der Waals surface area contributed by atoms with Gasteiger partial charge in [0.2, 0.25) is 5.91 Å². The van der Waals surface area contributed by atoms with Gasteiger partial charge in [-0.3, -0.25) is 4.79 Å². The van der Waals surface area contributed by atoms with E-state index in [-0.39, 0.29) is 5.91 Å². The Morgan fingerprint density at radius 2 is 1.94 bits per heavy atom. The molecule has 0 radical (unpaired) electrons. The van der Waals surface area contributed by atoms with Crippen LogP contribution in [0, 0.1) is 6.92 Å². The van der Waals surface area contributed by atoms with Gasteiger partial charge in [-0.05, 0) is 31.2 Å². The summed E-state index contributed by atoms with van der Waals surface area (Å²) in [5.41, 5.74) is 2.87. The largest absolute Gasteiger partial charge is 0.379 e. The maximum absolute atomic E-state index is 10.9. The van der Waals surface area contributed by atoms with Crippen molar-refractivity contribution >= 4 is 28.6 Å². The van der Waals surface area contributed by atoms with Gasteiger partial charge in [-0.2, -0.15) is 0 Å². The fourth-order valence-electron chi connectivity index (χ4n) is 1.54. The number of aryl methyl sites for hydroxylation is 1. The zero-order valence-electron chi connectivity index (χ0n) is 10.4. The molecule has 0 aliphatic carbocycles. The van der Waals surface area contributed by atoms with E-state index in [4.69, 9.17) is 0 Å². The molecule has 0 fully saturated rings. The molecular weight excluding hydrogens is 246 g/mol. The van der Waals surface area contributed by atoms with E-state index in [1.807, 2.05) is 36.6 Å². The summed E-state index contributed by atoms with van der Waals surface area (Å²) in [5.74, 6) is -0.0611. The van der Waals surface area contributed by atoms with Gasteiger partial charge in [0.25, 0.3) is 0 Å². The third kappa shape index (κ3) is 3.56. The van der Waals surface area contributed by atoms with E-state index in [1.165, 1.54) is 6.92 Å². The Kier molecular flexibility index (Phi) is 3.94. The minimum absolute atomic E-state index is 0.0611. The summed E-state index contributed by atoms with van der Waals surface area (Å²) in [6, 6.07) is 7.62. The van der Waals surface area contributed by atoms with Crippen LogP contribution in [-0.4, -0.2) is 10.9 Å². The van der Waals surface area contributed by atoms with Crippen molar-refractivity contribution in [2.24, 2.45) is 0 Å². The van der Waals surface area contributed by atoms with E-state index in [0.717, 1.165) is 28.6 Å². The first kappa shape index (κ1) is 12.6. The van der Waals surface area contributed by atoms with E-state index in [1.54, 1.807) is 11.3 Å². The third-order valence-corrected chi connectivity index (χ3v) is 3.28. The number of aromatic nitrogens is 1. The highest BCUT2D eigenvalue weighted by atomic mass is 32.1. The molecule has 0 saturated carbocycles. The smallest absolute Gasteiger partial charge is 0.221 e. The summed E-state index contributed by atoms with van der Waals surface area (Å²) in [6.45, 7) is 4.21. The predicted octanol–water partition coefficient (Wildman–Crippen LogP) is 3.02. The maximum Gasteiger partial charge on any atom is 0.221 e. The average Bonchev–Trinajstić information content (AvgIpc) is 2.74. The molecule has 94 valence electrons. The van der Waals surface area contributed by atoms with E-state index in [9.17, 15) is 4.79 Å². The van der Waals surface area contributed by atoms with E-state index < -0.39 is 0 Å². The molecule has 0 bridgehead atoms. The minimum atomic E-state index is -0.0611. The molecule has 1 aromatic heterocycles. The number of amides is 1. The van der Waals surface area contributed by atoms with Crippen LogP contribution in [-0.2, 0) is 11.3 Å². The number of nitrogens with one attached hydrogen (secondary N) is 2. The first-order valence-corrected chi connectivity index (χ1v) is 6.54. The van der Waals surface area contributed by atoms with Crippen LogP contribution in [0.2, 0.25) is 0 Å². The van der Waals surface area contributed by atoms with E-state index >= 15 is 0 Å². The Bertz CT molecular complexity index is 533. The van der Waals surface area contributed by atoms with Gasteiger partial charge < -0.3 is 10.6 Å². The normalized spacial score (nSPS) is 10.1.